The summed E-state index contributed by atoms with van der Waals surface area (Å²) in [5.74, 6) is -3.19. The fraction of sp³-hybridized carbons (Fsp3) is 0.333. The van der Waals surface area contributed by atoms with Gasteiger partial charge in [-0.2, -0.15) is 0 Å². The fourth-order valence-electron chi connectivity index (χ4n) is 0.871. The monoisotopic (exact) mass is 434 g/mol. The van der Waals surface area contributed by atoms with Crippen molar-refractivity contribution in [2.75, 3.05) is 14.1 Å². The van der Waals surface area contributed by atoms with Gasteiger partial charge >= 0.3 is 50.7 Å². The van der Waals surface area contributed by atoms with E-state index in [9.17, 15) is 18.0 Å². The Morgan fingerprint density at radius 2 is 1.75 bits per heavy atom. The third-order valence-corrected chi connectivity index (χ3v) is 2.89. The first-order chi connectivity index (χ1) is 6.27. The van der Waals surface area contributed by atoms with E-state index in [0.29, 0.717) is 0 Å². The second-order valence-corrected chi connectivity index (χ2v) is 4.43. The van der Waals surface area contributed by atoms with Crippen LogP contribution in [0.3, 0.4) is 0 Å². The van der Waals surface area contributed by atoms with E-state index in [2.05, 4.69) is 0 Å². The zero-order chi connectivity index (χ0) is 11.1. The standard InChI is InChI=1S/C6H8N2O5S.2Ag/c1-8(2)6(11)4-3(9)5(10)7-14(4,12)13;;/h9H,1-2H3,(H,7,10);;/q;2*+1. The number of amides is 2. The molecule has 0 fully saturated rings. The van der Waals surface area contributed by atoms with Crippen molar-refractivity contribution in [3.05, 3.63) is 10.7 Å². The van der Waals surface area contributed by atoms with Crippen LogP contribution in [0.5, 0.6) is 0 Å². The molecule has 7 nitrogen and oxygen atoms in total. The number of carbonyl (C=O) groups excluding carboxylic acids is 2. The van der Waals surface area contributed by atoms with Crippen LogP contribution in [-0.2, 0) is 64.4 Å². The number of carbonyl (C=O) groups is 2. The van der Waals surface area contributed by atoms with Crippen LogP contribution in [0, 0.1) is 0 Å². The first-order valence-electron chi connectivity index (χ1n) is 3.49. The van der Waals surface area contributed by atoms with Crippen molar-refractivity contribution in [2.45, 2.75) is 0 Å². The van der Waals surface area contributed by atoms with Crippen molar-refractivity contribution in [2.24, 2.45) is 0 Å². The number of aliphatic hydroxyl groups is 1. The minimum atomic E-state index is -4.19. The van der Waals surface area contributed by atoms with Crippen molar-refractivity contribution in [1.82, 2.24) is 9.62 Å². The average molecular weight is 436 g/mol. The number of sulfonamides is 1. The molecule has 0 spiro atoms. The Hall–Kier alpha value is -0.0895. The van der Waals surface area contributed by atoms with Gasteiger partial charge in [0.15, 0.2) is 4.91 Å². The number of hydrogen-bond donors (Lipinski definition) is 2. The summed E-state index contributed by atoms with van der Waals surface area (Å²) in [5.41, 5.74) is 0. The molecule has 0 unspecified atom stereocenters. The molecule has 1 aliphatic rings. The molecule has 0 radical (unpaired) electrons. The summed E-state index contributed by atoms with van der Waals surface area (Å²) >= 11 is 0. The summed E-state index contributed by atoms with van der Waals surface area (Å²) < 4.78 is 23.8. The number of aliphatic hydroxyl groups excluding tert-OH is 1. The summed E-state index contributed by atoms with van der Waals surface area (Å²) in [6.45, 7) is 0. The van der Waals surface area contributed by atoms with E-state index in [1.54, 1.807) is 0 Å². The van der Waals surface area contributed by atoms with Gasteiger partial charge in [0.25, 0.3) is 15.9 Å². The van der Waals surface area contributed by atoms with E-state index in [1.807, 2.05) is 0 Å². The molecule has 0 saturated carbocycles. The minimum absolute atomic E-state index is 0. The molecule has 0 atom stereocenters. The smallest absolute Gasteiger partial charge is 0.502 e. The number of rotatable bonds is 1. The molecule has 0 aromatic rings. The van der Waals surface area contributed by atoms with E-state index in [4.69, 9.17) is 5.11 Å². The molecule has 1 rings (SSSR count). The molecule has 10 heteroatoms. The Balaban J connectivity index is 0. The van der Waals surface area contributed by atoms with E-state index in [0.717, 1.165) is 4.90 Å². The van der Waals surface area contributed by atoms with Gasteiger partial charge in [-0.15, -0.1) is 0 Å². The van der Waals surface area contributed by atoms with E-state index >= 15 is 0 Å². The third-order valence-electron chi connectivity index (χ3n) is 1.53. The Morgan fingerprint density at radius 3 is 2.00 bits per heavy atom. The van der Waals surface area contributed by atoms with Crippen molar-refractivity contribution in [1.29, 1.82) is 0 Å². The fourth-order valence-corrected chi connectivity index (χ4v) is 2.07. The van der Waals surface area contributed by atoms with Crippen LogP contribution in [0.1, 0.15) is 0 Å². The number of likely N-dealkylation sites (N-methyl/N-ethyl adjacent to an activating group) is 1. The largest absolute Gasteiger partial charge is 1.00 e. The van der Waals surface area contributed by atoms with Gasteiger partial charge in [0.05, 0.1) is 0 Å². The minimum Gasteiger partial charge on any atom is -0.502 e. The number of hydrogen-bond acceptors (Lipinski definition) is 5. The first kappa shape index (κ1) is 18.3. The molecular formula is C6H8Ag2N2O5S+2. The molecule has 0 aliphatic carbocycles. The molecule has 16 heavy (non-hydrogen) atoms. The molecule has 0 aromatic heterocycles. The maximum atomic E-state index is 11.3. The van der Waals surface area contributed by atoms with Crippen molar-refractivity contribution in [3.63, 3.8) is 0 Å². The SMILES string of the molecule is CN(C)C(=O)C1=C(O)C(=O)NS1(=O)=O.[Ag+].[Ag+]. The number of nitrogens with one attached hydrogen (secondary N) is 1. The predicted molar refractivity (Wildman–Crippen MR) is 45.4 cm³/mol. The van der Waals surface area contributed by atoms with E-state index < -0.39 is 32.5 Å². The molecule has 1 aliphatic heterocycles. The van der Waals surface area contributed by atoms with Gasteiger partial charge in [-0.25, -0.2) is 13.1 Å². The van der Waals surface area contributed by atoms with Gasteiger partial charge in [-0.05, 0) is 0 Å². The van der Waals surface area contributed by atoms with Crippen LogP contribution < -0.4 is 4.72 Å². The summed E-state index contributed by atoms with van der Waals surface area (Å²) in [6.07, 6.45) is 0. The quantitative estimate of drug-likeness (QED) is 0.478. The van der Waals surface area contributed by atoms with Gasteiger partial charge in [0.2, 0.25) is 5.76 Å². The maximum absolute atomic E-state index is 11.3. The molecular weight excluding hydrogens is 428 g/mol. The van der Waals surface area contributed by atoms with Gasteiger partial charge < -0.3 is 10.0 Å². The zero-order valence-corrected chi connectivity index (χ0v) is 11.8. The number of nitrogens with zero attached hydrogens (tertiary/aromatic N) is 1. The summed E-state index contributed by atoms with van der Waals surface area (Å²) in [4.78, 5) is 22.0. The van der Waals surface area contributed by atoms with Crippen LogP contribution in [0.25, 0.3) is 0 Å². The first-order valence-corrected chi connectivity index (χ1v) is 4.97. The molecule has 2 N–H and O–H groups in total. The molecule has 2 amide bonds. The van der Waals surface area contributed by atoms with Crippen LogP contribution >= 0.6 is 0 Å². The average Bonchev–Trinajstić information content (AvgIpc) is 2.20. The second-order valence-electron chi connectivity index (χ2n) is 2.81. The molecule has 98 valence electrons. The summed E-state index contributed by atoms with van der Waals surface area (Å²) in [5, 5.41) is 9.05. The van der Waals surface area contributed by atoms with Gasteiger partial charge in [0.1, 0.15) is 0 Å². The molecule has 0 saturated heterocycles. The van der Waals surface area contributed by atoms with Gasteiger partial charge in [-0.3, -0.25) is 9.59 Å². The Kier molecular flexibility index (Phi) is 6.87. The maximum Gasteiger partial charge on any atom is 1.00 e. The van der Waals surface area contributed by atoms with Gasteiger partial charge in [0, 0.05) is 14.1 Å². The van der Waals surface area contributed by atoms with Gasteiger partial charge in [-0.1, -0.05) is 0 Å². The molecule has 0 aromatic carbocycles. The van der Waals surface area contributed by atoms with E-state index in [1.165, 1.54) is 18.8 Å². The summed E-state index contributed by atoms with van der Waals surface area (Å²) in [7, 11) is -1.58. The van der Waals surface area contributed by atoms with Crippen LogP contribution in [0.15, 0.2) is 10.7 Å². The second kappa shape index (κ2) is 6.01. The Labute approximate surface area is 123 Å². The molecule has 1 heterocycles. The zero-order valence-electron chi connectivity index (χ0n) is 8.04. The normalized spacial score (nSPS) is 17.0. The van der Waals surface area contributed by atoms with Crippen LogP contribution in [-0.4, -0.2) is 44.3 Å². The van der Waals surface area contributed by atoms with Crippen molar-refractivity contribution in [3.8, 4) is 0 Å². The van der Waals surface area contributed by atoms with Crippen molar-refractivity contribution < 1.29 is 67.9 Å². The Morgan fingerprint density at radius 1 is 1.31 bits per heavy atom. The Bertz CT molecular complexity index is 442. The van der Waals surface area contributed by atoms with Crippen molar-refractivity contribution >= 4 is 21.8 Å². The predicted octanol–water partition coefficient (Wildman–Crippen LogP) is -1.70. The third kappa shape index (κ3) is 3.20. The van der Waals surface area contributed by atoms with Crippen LogP contribution in [0.4, 0.5) is 0 Å². The summed E-state index contributed by atoms with van der Waals surface area (Å²) in [6, 6.07) is 0. The van der Waals surface area contributed by atoms with Crippen LogP contribution in [0.2, 0.25) is 0 Å². The van der Waals surface area contributed by atoms with E-state index in [-0.39, 0.29) is 44.8 Å². The topological polar surface area (TPSA) is 104 Å². The molecule has 0 bridgehead atoms.